The Morgan fingerprint density at radius 1 is 1.78 bits per heavy atom. The van der Waals surface area contributed by atoms with Gasteiger partial charge in [-0.2, -0.15) is 4.58 Å². The molecule has 1 heterocycles. The Hall–Kier alpha value is -0.370. The van der Waals surface area contributed by atoms with Crippen molar-refractivity contribution in [3.05, 3.63) is 0 Å². The molecule has 0 amide bonds. The molecule has 0 aromatic carbocycles. The van der Waals surface area contributed by atoms with Crippen LogP contribution in [0.4, 0.5) is 0 Å². The van der Waals surface area contributed by atoms with Gasteiger partial charge >= 0.3 is 6.34 Å². The third-order valence-electron chi connectivity index (χ3n) is 2.09. The summed E-state index contributed by atoms with van der Waals surface area (Å²) in [6.07, 6.45) is 2.27. The van der Waals surface area contributed by atoms with Gasteiger partial charge in [-0.15, -0.1) is 0 Å². The topological polar surface area (TPSA) is 7.45 Å². The second kappa shape index (κ2) is 2.48. The summed E-state index contributed by atoms with van der Waals surface area (Å²) in [5.41, 5.74) is 0. The molecule has 0 spiro atoms. The third kappa shape index (κ3) is 1.30. The lowest BCUT2D eigenvalue weighted by atomic mass is 10.3. The van der Waals surface area contributed by atoms with Crippen LogP contribution < -0.4 is 4.90 Å². The van der Waals surface area contributed by atoms with Gasteiger partial charge in [0.1, 0.15) is 13.6 Å². The molecule has 1 rings (SSSR count). The third-order valence-corrected chi connectivity index (χ3v) is 2.09. The fourth-order valence-electron chi connectivity index (χ4n) is 1.23. The predicted octanol–water partition coefficient (Wildman–Crippen LogP) is -1.04. The fraction of sp³-hybridized carbons (Fsp3) is 0.857. The van der Waals surface area contributed by atoms with E-state index in [0.717, 1.165) is 6.04 Å². The van der Waals surface area contributed by atoms with Crippen LogP contribution in [-0.4, -0.2) is 37.1 Å². The normalized spacial score (nSPS) is 34.8. The van der Waals surface area contributed by atoms with E-state index in [4.69, 9.17) is 0 Å². The van der Waals surface area contributed by atoms with Crippen molar-refractivity contribution in [3.8, 4) is 0 Å². The zero-order valence-electron chi connectivity index (χ0n) is 6.52. The van der Waals surface area contributed by atoms with Crippen LogP contribution in [0, 0.1) is 0 Å². The summed E-state index contributed by atoms with van der Waals surface area (Å²) in [6.45, 7) is 6.97. The van der Waals surface area contributed by atoms with Crippen molar-refractivity contribution in [2.75, 3.05) is 20.1 Å². The second-order valence-corrected chi connectivity index (χ2v) is 2.86. The van der Waals surface area contributed by atoms with Crippen LogP contribution in [0.25, 0.3) is 0 Å². The molecule has 0 radical (unpaired) electrons. The smallest absolute Gasteiger partial charge is 0.249 e. The van der Waals surface area contributed by atoms with E-state index in [1.807, 2.05) is 0 Å². The molecule has 1 aliphatic heterocycles. The van der Waals surface area contributed by atoms with Gasteiger partial charge in [0.05, 0.1) is 6.54 Å². The maximum absolute atomic E-state index is 2.29. The van der Waals surface area contributed by atoms with Crippen LogP contribution in [-0.2, 0) is 0 Å². The van der Waals surface area contributed by atoms with E-state index in [9.17, 15) is 0 Å². The summed E-state index contributed by atoms with van der Waals surface area (Å²) in [5, 5.41) is 0. The molecule has 2 heteroatoms. The molecule has 2 unspecified atom stereocenters. The zero-order chi connectivity index (χ0) is 6.85. The zero-order valence-corrected chi connectivity index (χ0v) is 6.52. The van der Waals surface area contributed by atoms with Crippen LogP contribution in [0.1, 0.15) is 13.8 Å². The Balaban J connectivity index is 2.52. The fourth-order valence-corrected chi connectivity index (χ4v) is 1.23. The minimum Gasteiger partial charge on any atom is -0.249 e. The summed E-state index contributed by atoms with van der Waals surface area (Å²) in [6, 6.07) is 0.736. The minimum absolute atomic E-state index is 0.736. The van der Waals surface area contributed by atoms with E-state index in [2.05, 4.69) is 31.8 Å². The maximum Gasteiger partial charge on any atom is 0.325 e. The van der Waals surface area contributed by atoms with Gasteiger partial charge in [0.15, 0.2) is 0 Å². The van der Waals surface area contributed by atoms with Gasteiger partial charge in [0.2, 0.25) is 6.04 Å². The van der Waals surface area contributed by atoms with Gasteiger partial charge in [-0.1, -0.05) is 0 Å². The Labute approximate surface area is 56.8 Å². The van der Waals surface area contributed by atoms with Crippen LogP contribution in [0.5, 0.6) is 0 Å². The molecule has 0 aliphatic carbocycles. The lowest BCUT2D eigenvalue weighted by molar-refractivity contribution is -0.792. The molecule has 0 fully saturated rings. The molecule has 0 saturated carbocycles. The van der Waals surface area contributed by atoms with Crippen molar-refractivity contribution >= 4 is 6.34 Å². The second-order valence-electron chi connectivity index (χ2n) is 2.86. The molecular weight excluding hydrogens is 112 g/mol. The number of rotatable bonds is 1. The molecule has 0 bridgehead atoms. The highest BCUT2D eigenvalue weighted by atomic mass is 15.3. The summed E-state index contributed by atoms with van der Waals surface area (Å²) in [4.78, 5) is 1.59. The van der Waals surface area contributed by atoms with Crippen molar-refractivity contribution < 1.29 is 9.48 Å². The van der Waals surface area contributed by atoms with Gasteiger partial charge in [0, 0.05) is 6.92 Å². The summed E-state index contributed by atoms with van der Waals surface area (Å²) in [5.74, 6) is 0. The molecule has 1 aliphatic rings. The van der Waals surface area contributed by atoms with Crippen molar-refractivity contribution in [3.63, 3.8) is 0 Å². The van der Waals surface area contributed by atoms with E-state index < -0.39 is 0 Å². The summed E-state index contributed by atoms with van der Waals surface area (Å²) >= 11 is 0. The molecule has 52 valence electrons. The first-order chi connectivity index (χ1) is 4.24. The lowest BCUT2D eigenvalue weighted by Crippen LogP contribution is -3.10. The molecule has 0 saturated heterocycles. The standard InChI is InChI=1S/C7H15N2/c1-4-9-5-7(2)8(3)6-9/h6-7H,4-5H2,1-3H3/q+1/p+1. The van der Waals surface area contributed by atoms with Crippen molar-refractivity contribution in [1.29, 1.82) is 0 Å². The highest BCUT2D eigenvalue weighted by Gasteiger charge is 2.26. The Morgan fingerprint density at radius 3 is 2.67 bits per heavy atom. The van der Waals surface area contributed by atoms with Crippen molar-refractivity contribution in [1.82, 2.24) is 0 Å². The molecular formula is C7H16N2+2. The number of nitrogens with zero attached hydrogens (tertiary/aromatic N) is 1. The van der Waals surface area contributed by atoms with Crippen molar-refractivity contribution in [2.45, 2.75) is 19.9 Å². The predicted molar refractivity (Wildman–Crippen MR) is 38.1 cm³/mol. The summed E-state index contributed by atoms with van der Waals surface area (Å²) in [7, 11) is 2.15. The van der Waals surface area contributed by atoms with E-state index in [1.54, 1.807) is 4.90 Å². The SMILES string of the molecule is CC[NH+]1C=[N+](C)C(C)C1. The van der Waals surface area contributed by atoms with Crippen LogP contribution >= 0.6 is 0 Å². The molecule has 1 N–H and O–H groups in total. The highest BCUT2D eigenvalue weighted by Crippen LogP contribution is 1.83. The maximum atomic E-state index is 2.29. The average Bonchev–Trinajstić information content (AvgIpc) is 2.13. The van der Waals surface area contributed by atoms with Gasteiger partial charge in [-0.25, -0.2) is 4.90 Å². The largest absolute Gasteiger partial charge is 0.325 e. The number of likely N-dealkylation sites (N-methyl/N-ethyl adjacent to an activating group) is 2. The van der Waals surface area contributed by atoms with Gasteiger partial charge in [-0.05, 0) is 6.92 Å². The van der Waals surface area contributed by atoms with Crippen molar-refractivity contribution in [2.24, 2.45) is 0 Å². The molecule has 0 aromatic rings. The molecule has 9 heavy (non-hydrogen) atoms. The number of hydrogen-bond donors (Lipinski definition) is 1. The molecule has 2 atom stereocenters. The first-order valence-electron chi connectivity index (χ1n) is 3.65. The lowest BCUT2D eigenvalue weighted by Gasteiger charge is -1.99. The van der Waals surface area contributed by atoms with E-state index in [-0.39, 0.29) is 0 Å². The number of nitrogens with one attached hydrogen (secondary N) is 1. The quantitative estimate of drug-likeness (QED) is 0.432. The van der Waals surface area contributed by atoms with E-state index >= 15 is 0 Å². The number of hydrogen-bond acceptors (Lipinski definition) is 0. The monoisotopic (exact) mass is 128 g/mol. The number of quaternary nitrogens is 1. The van der Waals surface area contributed by atoms with Crippen LogP contribution in [0.3, 0.4) is 0 Å². The van der Waals surface area contributed by atoms with Gasteiger partial charge in [0.25, 0.3) is 0 Å². The first-order valence-corrected chi connectivity index (χ1v) is 3.65. The summed E-state index contributed by atoms with van der Waals surface area (Å²) < 4.78 is 2.29. The minimum atomic E-state index is 0.736. The Bertz CT molecular complexity index is 129. The van der Waals surface area contributed by atoms with Gasteiger partial charge < -0.3 is 0 Å². The van der Waals surface area contributed by atoms with E-state index in [0.29, 0.717) is 0 Å². The first kappa shape index (κ1) is 6.75. The Morgan fingerprint density at radius 2 is 2.44 bits per heavy atom. The average molecular weight is 128 g/mol. The van der Waals surface area contributed by atoms with Crippen LogP contribution in [0.2, 0.25) is 0 Å². The Kier molecular flexibility index (Phi) is 1.86. The molecule has 2 nitrogen and oxygen atoms in total. The van der Waals surface area contributed by atoms with E-state index in [1.165, 1.54) is 13.1 Å². The van der Waals surface area contributed by atoms with Gasteiger partial charge in [-0.3, -0.25) is 0 Å². The molecule has 0 aromatic heterocycles. The van der Waals surface area contributed by atoms with Crippen LogP contribution in [0.15, 0.2) is 0 Å². The highest BCUT2D eigenvalue weighted by molar-refractivity contribution is 5.37.